The molecule has 0 fully saturated rings. The van der Waals surface area contributed by atoms with Crippen molar-refractivity contribution in [3.05, 3.63) is 33.3 Å². The molecule has 0 spiro atoms. The molecule has 2 aromatic rings. The number of benzene rings is 1. The summed E-state index contributed by atoms with van der Waals surface area (Å²) >= 11 is 5.99. The van der Waals surface area contributed by atoms with Crippen molar-refractivity contribution in [2.45, 2.75) is 13.0 Å². The Kier molecular flexibility index (Phi) is 3.97. The minimum Gasteiger partial charge on any atom is -0.487 e. The lowest BCUT2D eigenvalue weighted by Gasteiger charge is -2.28. The highest BCUT2D eigenvalue weighted by Crippen LogP contribution is 2.39. The summed E-state index contributed by atoms with van der Waals surface area (Å²) in [7, 11) is 1.82. The fourth-order valence-electron chi connectivity index (χ4n) is 2.67. The van der Waals surface area contributed by atoms with Gasteiger partial charge in [0.1, 0.15) is 17.3 Å². The molecule has 7 heteroatoms. The van der Waals surface area contributed by atoms with E-state index in [9.17, 15) is 9.18 Å². The molecule has 0 saturated carbocycles. The van der Waals surface area contributed by atoms with Gasteiger partial charge in [-0.05, 0) is 20.0 Å². The molecule has 0 aliphatic carbocycles. The first-order valence-electron chi connectivity index (χ1n) is 7.12. The van der Waals surface area contributed by atoms with Gasteiger partial charge in [0.05, 0.1) is 16.9 Å². The van der Waals surface area contributed by atoms with Crippen LogP contribution in [-0.4, -0.2) is 31.3 Å². The summed E-state index contributed by atoms with van der Waals surface area (Å²) in [5.74, 6) is -0.142. The minimum absolute atomic E-state index is 0.0173. The van der Waals surface area contributed by atoms with Gasteiger partial charge in [0.2, 0.25) is 5.43 Å². The Morgan fingerprint density at radius 2 is 2.27 bits per heavy atom. The SMILES string of the molecule is CNCCNc1c(F)cc2c(=O)c(Cl)cn3c2c1OCC3C. The first-order valence-corrected chi connectivity index (χ1v) is 7.50. The molecule has 1 unspecified atom stereocenters. The second-order valence-electron chi connectivity index (χ2n) is 5.36. The minimum atomic E-state index is -0.515. The molecule has 1 aromatic heterocycles. The number of hydrogen-bond donors (Lipinski definition) is 2. The van der Waals surface area contributed by atoms with Gasteiger partial charge in [-0.1, -0.05) is 11.6 Å². The number of pyridine rings is 1. The van der Waals surface area contributed by atoms with E-state index < -0.39 is 5.82 Å². The van der Waals surface area contributed by atoms with E-state index in [-0.39, 0.29) is 27.6 Å². The summed E-state index contributed by atoms with van der Waals surface area (Å²) < 4.78 is 22.0. The van der Waals surface area contributed by atoms with Gasteiger partial charge < -0.3 is 19.9 Å². The zero-order chi connectivity index (χ0) is 15.9. The number of rotatable bonds is 4. The van der Waals surface area contributed by atoms with Crippen LogP contribution in [0.25, 0.3) is 10.9 Å². The van der Waals surface area contributed by atoms with Crippen LogP contribution in [-0.2, 0) is 0 Å². The largest absolute Gasteiger partial charge is 0.487 e. The van der Waals surface area contributed by atoms with Crippen molar-refractivity contribution < 1.29 is 9.13 Å². The molecule has 3 rings (SSSR count). The van der Waals surface area contributed by atoms with E-state index >= 15 is 0 Å². The Morgan fingerprint density at radius 3 is 3.00 bits per heavy atom. The number of nitrogens with zero attached hydrogens (tertiary/aromatic N) is 1. The van der Waals surface area contributed by atoms with Crippen molar-refractivity contribution in [1.29, 1.82) is 0 Å². The lowest BCUT2D eigenvalue weighted by Crippen LogP contribution is -2.25. The normalized spacial score (nSPS) is 16.6. The topological polar surface area (TPSA) is 55.3 Å². The van der Waals surface area contributed by atoms with E-state index in [0.717, 1.165) is 0 Å². The molecule has 0 saturated heterocycles. The van der Waals surface area contributed by atoms with Crippen molar-refractivity contribution in [2.24, 2.45) is 0 Å². The second kappa shape index (κ2) is 5.78. The molecule has 1 aliphatic heterocycles. The molecule has 1 aromatic carbocycles. The van der Waals surface area contributed by atoms with Crippen LogP contribution in [0.15, 0.2) is 17.1 Å². The fourth-order valence-corrected chi connectivity index (χ4v) is 2.88. The average Bonchev–Trinajstić information content (AvgIpc) is 2.49. The van der Waals surface area contributed by atoms with Crippen LogP contribution in [0.3, 0.4) is 0 Å². The van der Waals surface area contributed by atoms with E-state index in [1.807, 2.05) is 18.5 Å². The quantitative estimate of drug-likeness (QED) is 0.848. The maximum absolute atomic E-state index is 14.4. The molecule has 118 valence electrons. The zero-order valence-electron chi connectivity index (χ0n) is 12.4. The molecule has 2 heterocycles. The number of likely N-dealkylation sites (N-methyl/N-ethyl adjacent to an activating group) is 1. The first kappa shape index (κ1) is 15.1. The number of hydrogen-bond acceptors (Lipinski definition) is 4. The number of anilines is 1. The van der Waals surface area contributed by atoms with Gasteiger partial charge in [0, 0.05) is 19.3 Å². The molecule has 2 N–H and O–H groups in total. The Morgan fingerprint density at radius 1 is 1.50 bits per heavy atom. The third-order valence-corrected chi connectivity index (χ3v) is 4.07. The Labute approximate surface area is 132 Å². The summed E-state index contributed by atoms with van der Waals surface area (Å²) in [4.78, 5) is 12.2. The van der Waals surface area contributed by atoms with Gasteiger partial charge in [0.25, 0.3) is 0 Å². The van der Waals surface area contributed by atoms with Crippen LogP contribution in [0, 0.1) is 5.82 Å². The zero-order valence-corrected chi connectivity index (χ0v) is 13.1. The van der Waals surface area contributed by atoms with Crippen LogP contribution in [0.1, 0.15) is 13.0 Å². The van der Waals surface area contributed by atoms with Crippen LogP contribution < -0.4 is 20.8 Å². The highest BCUT2D eigenvalue weighted by molar-refractivity contribution is 6.31. The van der Waals surface area contributed by atoms with Gasteiger partial charge in [-0.3, -0.25) is 4.79 Å². The lowest BCUT2D eigenvalue weighted by molar-refractivity contribution is 0.247. The average molecular weight is 326 g/mol. The predicted octanol–water partition coefficient (Wildman–Crippen LogP) is 2.38. The molecule has 1 aliphatic rings. The van der Waals surface area contributed by atoms with Crippen molar-refractivity contribution in [2.75, 3.05) is 32.1 Å². The number of halogens is 2. The second-order valence-corrected chi connectivity index (χ2v) is 5.77. The van der Waals surface area contributed by atoms with Crippen LogP contribution in [0.5, 0.6) is 5.75 Å². The van der Waals surface area contributed by atoms with Crippen LogP contribution in [0.4, 0.5) is 10.1 Å². The number of aromatic nitrogens is 1. The maximum atomic E-state index is 14.4. The Balaban J connectivity index is 2.27. The van der Waals surface area contributed by atoms with E-state index in [1.54, 1.807) is 6.20 Å². The Bertz CT molecular complexity index is 791. The van der Waals surface area contributed by atoms with Gasteiger partial charge in [0.15, 0.2) is 11.6 Å². The van der Waals surface area contributed by atoms with Gasteiger partial charge in [-0.25, -0.2) is 4.39 Å². The molecule has 22 heavy (non-hydrogen) atoms. The fraction of sp³-hybridized carbons (Fsp3) is 0.400. The van der Waals surface area contributed by atoms with Crippen molar-refractivity contribution in [3.63, 3.8) is 0 Å². The third-order valence-electron chi connectivity index (χ3n) is 3.80. The molecular formula is C15H17ClFN3O2. The standard InChI is InChI=1S/C15H17ClFN3O2/c1-8-7-22-15-12(19-4-3-18-2)11(17)5-9-13(15)20(8)6-10(16)14(9)21/h5-6,8,18-19H,3-4,7H2,1-2H3. The summed E-state index contributed by atoms with van der Waals surface area (Å²) in [5, 5.41) is 6.33. The van der Waals surface area contributed by atoms with Crippen molar-refractivity contribution in [3.8, 4) is 5.75 Å². The van der Waals surface area contributed by atoms with Crippen molar-refractivity contribution >= 4 is 28.2 Å². The van der Waals surface area contributed by atoms with Gasteiger partial charge in [-0.15, -0.1) is 0 Å². The smallest absolute Gasteiger partial charge is 0.208 e. The van der Waals surface area contributed by atoms with Crippen molar-refractivity contribution in [1.82, 2.24) is 9.88 Å². The summed E-state index contributed by atoms with van der Waals surface area (Å²) in [6.07, 6.45) is 1.60. The monoisotopic (exact) mass is 325 g/mol. The van der Waals surface area contributed by atoms with Crippen LogP contribution >= 0.6 is 11.6 Å². The predicted molar refractivity (Wildman–Crippen MR) is 85.8 cm³/mol. The molecule has 0 radical (unpaired) electrons. The lowest BCUT2D eigenvalue weighted by atomic mass is 10.1. The van der Waals surface area contributed by atoms with E-state index in [1.165, 1.54) is 6.07 Å². The number of nitrogens with one attached hydrogen (secondary N) is 2. The number of ether oxygens (including phenoxy) is 1. The summed E-state index contributed by atoms with van der Waals surface area (Å²) in [5.41, 5.74) is 0.485. The van der Waals surface area contributed by atoms with Gasteiger partial charge >= 0.3 is 0 Å². The van der Waals surface area contributed by atoms with E-state index in [2.05, 4.69) is 10.6 Å². The Hall–Kier alpha value is -1.79. The molecule has 1 atom stereocenters. The van der Waals surface area contributed by atoms with Crippen LogP contribution in [0.2, 0.25) is 5.02 Å². The maximum Gasteiger partial charge on any atom is 0.208 e. The van der Waals surface area contributed by atoms with E-state index in [0.29, 0.717) is 31.0 Å². The molecule has 5 nitrogen and oxygen atoms in total. The van der Waals surface area contributed by atoms with Gasteiger partial charge in [-0.2, -0.15) is 0 Å². The molecule has 0 amide bonds. The molecular weight excluding hydrogens is 309 g/mol. The highest BCUT2D eigenvalue weighted by atomic mass is 35.5. The summed E-state index contributed by atoms with van der Waals surface area (Å²) in [6, 6.07) is 1.25. The third kappa shape index (κ3) is 2.32. The molecule has 0 bridgehead atoms. The summed E-state index contributed by atoms with van der Waals surface area (Å²) in [6.45, 7) is 3.58. The highest BCUT2D eigenvalue weighted by Gasteiger charge is 2.26. The first-order chi connectivity index (χ1) is 10.5. The van der Waals surface area contributed by atoms with E-state index in [4.69, 9.17) is 16.3 Å².